The number of nitrogens with two attached hydrogens (primary N) is 1. The molecule has 1 unspecified atom stereocenters. The van der Waals surface area contributed by atoms with Crippen molar-refractivity contribution >= 4 is 11.8 Å². The molecule has 1 aromatic carbocycles. The van der Waals surface area contributed by atoms with Gasteiger partial charge in [0.1, 0.15) is 11.5 Å². The number of hydrazine groups is 1. The summed E-state index contributed by atoms with van der Waals surface area (Å²) < 4.78 is 10.5. The second-order valence-electron chi connectivity index (χ2n) is 3.49. The zero-order valence-corrected chi connectivity index (χ0v) is 11.3. The van der Waals surface area contributed by atoms with Gasteiger partial charge in [-0.1, -0.05) is 6.92 Å². The highest BCUT2D eigenvalue weighted by atomic mass is 32.2. The van der Waals surface area contributed by atoms with E-state index in [2.05, 4.69) is 12.3 Å². The molecule has 1 rings (SSSR count). The molecular weight excluding hydrogens is 236 g/mol. The lowest BCUT2D eigenvalue weighted by atomic mass is 10.1. The van der Waals surface area contributed by atoms with Crippen LogP contribution >= 0.6 is 11.8 Å². The number of benzene rings is 1. The van der Waals surface area contributed by atoms with Crippen molar-refractivity contribution in [3.63, 3.8) is 0 Å². The van der Waals surface area contributed by atoms with Crippen molar-refractivity contribution < 1.29 is 9.47 Å². The van der Waals surface area contributed by atoms with Crippen LogP contribution < -0.4 is 20.7 Å². The monoisotopic (exact) mass is 256 g/mol. The number of nitrogens with one attached hydrogen (secondary N) is 1. The van der Waals surface area contributed by atoms with E-state index in [9.17, 15) is 0 Å². The van der Waals surface area contributed by atoms with Gasteiger partial charge in [-0.25, -0.2) is 0 Å². The van der Waals surface area contributed by atoms with Gasteiger partial charge in [-0.2, -0.15) is 11.8 Å². The molecule has 0 radical (unpaired) electrons. The van der Waals surface area contributed by atoms with Crippen LogP contribution in [0.3, 0.4) is 0 Å². The Hall–Kier alpha value is -0.910. The first kappa shape index (κ1) is 14.2. The Morgan fingerprint density at radius 3 is 2.65 bits per heavy atom. The van der Waals surface area contributed by atoms with E-state index in [0.29, 0.717) is 0 Å². The number of ether oxygens (including phenoxy) is 2. The van der Waals surface area contributed by atoms with Gasteiger partial charge in [0.05, 0.1) is 20.3 Å². The van der Waals surface area contributed by atoms with E-state index in [0.717, 1.165) is 28.6 Å². The normalized spacial score (nSPS) is 12.2. The molecule has 5 heteroatoms. The SMILES string of the molecule is CCSCC(NN)c1ccc(OC)cc1OC. The van der Waals surface area contributed by atoms with Crippen LogP contribution in [0.1, 0.15) is 18.5 Å². The van der Waals surface area contributed by atoms with Gasteiger partial charge in [0.25, 0.3) is 0 Å². The molecule has 0 aliphatic rings. The maximum atomic E-state index is 5.59. The molecule has 1 aromatic rings. The molecule has 3 N–H and O–H groups in total. The summed E-state index contributed by atoms with van der Waals surface area (Å²) in [4.78, 5) is 0. The Morgan fingerprint density at radius 2 is 2.12 bits per heavy atom. The van der Waals surface area contributed by atoms with Gasteiger partial charge in [-0.15, -0.1) is 0 Å². The molecule has 96 valence electrons. The van der Waals surface area contributed by atoms with Gasteiger partial charge >= 0.3 is 0 Å². The molecule has 0 bridgehead atoms. The highest BCUT2D eigenvalue weighted by Crippen LogP contribution is 2.30. The smallest absolute Gasteiger partial charge is 0.127 e. The molecule has 0 aliphatic heterocycles. The van der Waals surface area contributed by atoms with E-state index in [4.69, 9.17) is 15.3 Å². The largest absolute Gasteiger partial charge is 0.497 e. The number of hydrogen-bond acceptors (Lipinski definition) is 5. The number of rotatable bonds is 7. The van der Waals surface area contributed by atoms with Crippen LogP contribution in [0.4, 0.5) is 0 Å². The second kappa shape index (κ2) is 7.42. The Bertz CT molecular complexity index is 347. The average molecular weight is 256 g/mol. The maximum Gasteiger partial charge on any atom is 0.127 e. The molecule has 4 nitrogen and oxygen atoms in total. The lowest BCUT2D eigenvalue weighted by Gasteiger charge is -2.19. The van der Waals surface area contributed by atoms with Crippen molar-refractivity contribution in [2.75, 3.05) is 25.7 Å². The second-order valence-corrected chi connectivity index (χ2v) is 4.81. The summed E-state index contributed by atoms with van der Waals surface area (Å²) >= 11 is 1.84. The minimum atomic E-state index is 0.0841. The van der Waals surface area contributed by atoms with Crippen molar-refractivity contribution in [2.45, 2.75) is 13.0 Å². The summed E-state index contributed by atoms with van der Waals surface area (Å²) in [6.07, 6.45) is 0. The summed E-state index contributed by atoms with van der Waals surface area (Å²) in [7, 11) is 3.29. The van der Waals surface area contributed by atoms with Gasteiger partial charge in [-0.3, -0.25) is 11.3 Å². The van der Waals surface area contributed by atoms with E-state index >= 15 is 0 Å². The predicted molar refractivity (Wildman–Crippen MR) is 72.6 cm³/mol. The van der Waals surface area contributed by atoms with Gasteiger partial charge in [0.15, 0.2) is 0 Å². The highest BCUT2D eigenvalue weighted by molar-refractivity contribution is 7.99. The van der Waals surface area contributed by atoms with Crippen LogP contribution in [0, 0.1) is 0 Å². The van der Waals surface area contributed by atoms with E-state index < -0.39 is 0 Å². The van der Waals surface area contributed by atoms with Gasteiger partial charge < -0.3 is 9.47 Å². The van der Waals surface area contributed by atoms with E-state index in [-0.39, 0.29) is 6.04 Å². The fourth-order valence-corrected chi connectivity index (χ4v) is 2.32. The zero-order chi connectivity index (χ0) is 12.7. The van der Waals surface area contributed by atoms with E-state index in [1.807, 2.05) is 30.0 Å². The first-order valence-electron chi connectivity index (χ1n) is 5.52. The molecular formula is C12H20N2O2S. The quantitative estimate of drug-likeness (QED) is 0.577. The lowest BCUT2D eigenvalue weighted by Crippen LogP contribution is -2.30. The Kier molecular flexibility index (Phi) is 6.18. The van der Waals surface area contributed by atoms with Crippen LogP contribution in [0.15, 0.2) is 18.2 Å². The number of hydrogen-bond donors (Lipinski definition) is 2. The fourth-order valence-electron chi connectivity index (χ4n) is 1.57. The first-order valence-corrected chi connectivity index (χ1v) is 6.68. The van der Waals surface area contributed by atoms with Gasteiger partial charge in [-0.05, 0) is 17.9 Å². The lowest BCUT2D eigenvalue weighted by molar-refractivity contribution is 0.386. The van der Waals surface area contributed by atoms with E-state index in [1.165, 1.54) is 0 Å². The van der Waals surface area contributed by atoms with Gasteiger partial charge in [0.2, 0.25) is 0 Å². The van der Waals surface area contributed by atoms with Crippen LogP contribution in [0.5, 0.6) is 11.5 Å². The van der Waals surface area contributed by atoms with E-state index in [1.54, 1.807) is 14.2 Å². The Morgan fingerprint density at radius 1 is 1.35 bits per heavy atom. The van der Waals surface area contributed by atoms with Crippen LogP contribution in [0.25, 0.3) is 0 Å². The third kappa shape index (κ3) is 3.80. The summed E-state index contributed by atoms with van der Waals surface area (Å²) in [5, 5.41) is 0. The fraction of sp³-hybridized carbons (Fsp3) is 0.500. The molecule has 0 aromatic heterocycles. The molecule has 17 heavy (non-hydrogen) atoms. The van der Waals surface area contributed by atoms with Crippen molar-refractivity contribution in [1.29, 1.82) is 0 Å². The molecule has 0 aliphatic carbocycles. The van der Waals surface area contributed by atoms with Crippen LogP contribution in [0.2, 0.25) is 0 Å². The molecule has 0 amide bonds. The molecule has 0 heterocycles. The van der Waals surface area contributed by atoms with Crippen molar-refractivity contribution in [3.8, 4) is 11.5 Å². The Labute approximate surface area is 107 Å². The molecule has 0 fully saturated rings. The van der Waals surface area contributed by atoms with Crippen molar-refractivity contribution in [3.05, 3.63) is 23.8 Å². The third-order valence-electron chi connectivity index (χ3n) is 2.51. The zero-order valence-electron chi connectivity index (χ0n) is 10.5. The predicted octanol–water partition coefficient (Wildman–Crippen LogP) is 1.96. The highest BCUT2D eigenvalue weighted by Gasteiger charge is 2.15. The topological polar surface area (TPSA) is 56.5 Å². The number of methoxy groups -OCH3 is 2. The number of thioether (sulfide) groups is 1. The molecule has 0 saturated carbocycles. The maximum absolute atomic E-state index is 5.59. The molecule has 0 spiro atoms. The standard InChI is InChI=1S/C12H20N2O2S/c1-4-17-8-11(14-13)10-6-5-9(15-2)7-12(10)16-3/h5-7,11,14H,4,8,13H2,1-3H3. The van der Waals surface area contributed by atoms with Crippen molar-refractivity contribution in [1.82, 2.24) is 5.43 Å². The average Bonchev–Trinajstić information content (AvgIpc) is 2.39. The summed E-state index contributed by atoms with van der Waals surface area (Å²) in [5.74, 6) is 9.15. The first-order chi connectivity index (χ1) is 8.26. The van der Waals surface area contributed by atoms with Crippen molar-refractivity contribution in [2.24, 2.45) is 5.84 Å². The van der Waals surface area contributed by atoms with Gasteiger partial charge in [0, 0.05) is 17.4 Å². The summed E-state index contributed by atoms with van der Waals surface area (Å²) in [6, 6.07) is 5.86. The minimum Gasteiger partial charge on any atom is -0.497 e. The van der Waals surface area contributed by atoms with Crippen LogP contribution in [-0.2, 0) is 0 Å². The third-order valence-corrected chi connectivity index (χ3v) is 3.48. The van der Waals surface area contributed by atoms with Crippen LogP contribution in [-0.4, -0.2) is 25.7 Å². The summed E-state index contributed by atoms with van der Waals surface area (Å²) in [6.45, 7) is 2.13. The summed E-state index contributed by atoms with van der Waals surface area (Å²) in [5.41, 5.74) is 3.88. The minimum absolute atomic E-state index is 0.0841. The Balaban J connectivity index is 2.93. The molecule has 1 atom stereocenters. The molecule has 0 saturated heterocycles.